The fourth-order valence-corrected chi connectivity index (χ4v) is 2.03. The highest BCUT2D eigenvalue weighted by atomic mass is 32.2. The van der Waals surface area contributed by atoms with E-state index in [-0.39, 0.29) is 0 Å². The first-order chi connectivity index (χ1) is 7.29. The van der Waals surface area contributed by atoms with Crippen LogP contribution in [0.2, 0.25) is 0 Å². The number of thioether (sulfide) groups is 1. The van der Waals surface area contributed by atoms with Gasteiger partial charge < -0.3 is 0 Å². The molecule has 1 nitrogen and oxygen atoms in total. The number of allylic oxidation sites excluding steroid dienone is 1. The van der Waals surface area contributed by atoms with E-state index in [0.717, 1.165) is 29.0 Å². The lowest BCUT2D eigenvalue weighted by atomic mass is 9.92. The highest BCUT2D eigenvalue weighted by Crippen LogP contribution is 2.23. The maximum absolute atomic E-state index is 5.77. The third kappa shape index (κ3) is 2.54. The Bertz CT molecular complexity index is 424. The Balaban J connectivity index is 2.46. The van der Waals surface area contributed by atoms with E-state index in [2.05, 4.69) is 17.1 Å². The maximum atomic E-state index is 5.77. The molecule has 0 spiro atoms. The third-order valence-electron chi connectivity index (χ3n) is 2.38. The topological polar surface area (TPSA) is 12.4 Å². The van der Waals surface area contributed by atoms with Crippen molar-refractivity contribution in [3.05, 3.63) is 35.9 Å². The molecule has 0 fully saturated rings. The summed E-state index contributed by atoms with van der Waals surface area (Å²) in [5.41, 5.74) is 3.11. The first-order valence-electron chi connectivity index (χ1n) is 4.97. The number of rotatable bonds is 0. The lowest BCUT2D eigenvalue weighted by Gasteiger charge is -2.09. The minimum absolute atomic E-state index is 0.819. The fraction of sp³-hybridized carbons (Fsp3) is 0.250. The van der Waals surface area contributed by atoms with Crippen molar-refractivity contribution in [3.8, 4) is 0 Å². The van der Waals surface area contributed by atoms with Gasteiger partial charge in [0.05, 0.1) is 10.7 Å². The molecule has 1 aliphatic heterocycles. The molecule has 0 unspecified atom stereocenters. The molecule has 2 rings (SSSR count). The number of hydrogen-bond donors (Lipinski definition) is 0. The molecule has 0 amide bonds. The zero-order valence-electron chi connectivity index (χ0n) is 8.73. The molecule has 1 aliphatic rings. The third-order valence-corrected chi connectivity index (χ3v) is 3.03. The van der Waals surface area contributed by atoms with Gasteiger partial charge in [0.15, 0.2) is 0 Å². The van der Waals surface area contributed by atoms with E-state index in [0.29, 0.717) is 0 Å². The Morgan fingerprint density at radius 3 is 3.07 bits per heavy atom. The van der Waals surface area contributed by atoms with E-state index in [1.807, 2.05) is 24.5 Å². The van der Waals surface area contributed by atoms with Crippen LogP contribution in [0.15, 0.2) is 35.3 Å². The van der Waals surface area contributed by atoms with Gasteiger partial charge in [0.2, 0.25) is 0 Å². The van der Waals surface area contributed by atoms with Crippen LogP contribution in [0.3, 0.4) is 0 Å². The van der Waals surface area contributed by atoms with Gasteiger partial charge in [-0.05, 0) is 36.8 Å². The highest BCUT2D eigenvalue weighted by Gasteiger charge is 2.04. The van der Waals surface area contributed by atoms with Gasteiger partial charge in [-0.15, -0.1) is 11.8 Å². The summed E-state index contributed by atoms with van der Waals surface area (Å²) in [6.07, 6.45) is 8.37. The average molecular weight is 213 g/mol. The summed E-state index contributed by atoms with van der Waals surface area (Å²) in [4.78, 5) is 4.60. The Morgan fingerprint density at radius 1 is 1.40 bits per heavy atom. The summed E-state index contributed by atoms with van der Waals surface area (Å²) in [6.45, 7) is 0. The van der Waals surface area contributed by atoms with E-state index in [9.17, 15) is 0 Å². The van der Waals surface area contributed by atoms with Crippen LogP contribution in [0.1, 0.15) is 12.0 Å². The van der Waals surface area contributed by atoms with E-state index in [4.69, 9.17) is 7.85 Å². The van der Waals surface area contributed by atoms with Gasteiger partial charge in [0.25, 0.3) is 0 Å². The van der Waals surface area contributed by atoms with E-state index in [1.165, 1.54) is 5.56 Å². The van der Waals surface area contributed by atoms with Crippen LogP contribution in [0.4, 0.5) is 5.69 Å². The largest absolute Gasteiger partial charge is 0.242 e. The molecular formula is C12H12BNS. The molecule has 0 bridgehead atoms. The quantitative estimate of drug-likeness (QED) is 0.602. The number of fused-ring (bicyclic) bond motifs is 1. The Labute approximate surface area is 96.1 Å². The summed E-state index contributed by atoms with van der Waals surface area (Å²) < 4.78 is 0. The maximum Gasteiger partial charge on any atom is 0.113 e. The van der Waals surface area contributed by atoms with Crippen molar-refractivity contribution >= 4 is 35.8 Å². The van der Waals surface area contributed by atoms with Crippen molar-refractivity contribution in [2.45, 2.75) is 12.8 Å². The van der Waals surface area contributed by atoms with Crippen molar-refractivity contribution < 1.29 is 0 Å². The average Bonchev–Trinajstić information content (AvgIpc) is 2.21. The Kier molecular flexibility index (Phi) is 3.32. The summed E-state index contributed by atoms with van der Waals surface area (Å²) >= 11 is 1.67. The van der Waals surface area contributed by atoms with Gasteiger partial charge >= 0.3 is 0 Å². The van der Waals surface area contributed by atoms with Crippen LogP contribution >= 0.6 is 11.8 Å². The van der Waals surface area contributed by atoms with Gasteiger partial charge in [-0.1, -0.05) is 23.7 Å². The molecule has 0 atom stereocenters. The van der Waals surface area contributed by atoms with Crippen molar-refractivity contribution in [2.24, 2.45) is 4.99 Å². The summed E-state index contributed by atoms with van der Waals surface area (Å²) in [6, 6.07) is 5.93. The number of hydrogen-bond acceptors (Lipinski definition) is 2. The fourth-order valence-electron chi connectivity index (χ4n) is 1.61. The molecule has 0 aromatic heterocycles. The van der Waals surface area contributed by atoms with Gasteiger partial charge in [-0.25, -0.2) is 4.99 Å². The van der Waals surface area contributed by atoms with E-state index in [1.54, 1.807) is 11.8 Å². The zero-order chi connectivity index (χ0) is 10.7. The van der Waals surface area contributed by atoms with Crippen molar-refractivity contribution in [2.75, 3.05) is 6.26 Å². The molecule has 0 saturated heterocycles. The molecule has 15 heavy (non-hydrogen) atoms. The van der Waals surface area contributed by atoms with Crippen LogP contribution in [-0.2, 0) is 6.42 Å². The minimum atomic E-state index is 0.819. The molecular weight excluding hydrogens is 201 g/mol. The van der Waals surface area contributed by atoms with E-state index < -0.39 is 0 Å². The summed E-state index contributed by atoms with van der Waals surface area (Å²) in [7, 11) is 5.77. The number of benzene rings is 1. The second-order valence-corrected chi connectivity index (χ2v) is 4.31. The van der Waals surface area contributed by atoms with Crippen LogP contribution in [0.25, 0.3) is 0 Å². The predicted octanol–water partition coefficient (Wildman–Crippen LogP) is 2.38. The molecule has 0 saturated carbocycles. The molecule has 0 N–H and O–H groups in total. The Hall–Kier alpha value is -0.955. The zero-order valence-corrected chi connectivity index (χ0v) is 9.55. The molecule has 3 heteroatoms. The first-order valence-corrected chi connectivity index (χ1v) is 6.19. The smallest absolute Gasteiger partial charge is 0.113 e. The van der Waals surface area contributed by atoms with Gasteiger partial charge in [0, 0.05) is 0 Å². The van der Waals surface area contributed by atoms with E-state index >= 15 is 0 Å². The molecule has 1 aromatic carbocycles. The van der Waals surface area contributed by atoms with Gasteiger partial charge in [-0.2, -0.15) is 0 Å². The van der Waals surface area contributed by atoms with Crippen LogP contribution in [-0.4, -0.2) is 19.1 Å². The second kappa shape index (κ2) is 4.71. The van der Waals surface area contributed by atoms with Crippen molar-refractivity contribution in [1.29, 1.82) is 0 Å². The molecule has 2 radical (unpaired) electrons. The van der Waals surface area contributed by atoms with Gasteiger partial charge in [0.1, 0.15) is 7.85 Å². The SMILES string of the molecule is [B]c1ccc2c(c1)CC/C=C/C(SC)=N2. The molecule has 0 aliphatic carbocycles. The lowest BCUT2D eigenvalue weighted by Crippen LogP contribution is -2.04. The molecule has 1 aromatic rings. The monoisotopic (exact) mass is 213 g/mol. The highest BCUT2D eigenvalue weighted by molar-refractivity contribution is 8.13. The first kappa shape index (κ1) is 10.6. The summed E-state index contributed by atoms with van der Waals surface area (Å²) in [5.74, 6) is 0. The predicted molar refractivity (Wildman–Crippen MR) is 69.9 cm³/mol. The number of aliphatic imine (C=N–C) groups is 1. The van der Waals surface area contributed by atoms with Crippen LogP contribution < -0.4 is 5.46 Å². The Morgan fingerprint density at radius 2 is 2.27 bits per heavy atom. The van der Waals surface area contributed by atoms with Crippen molar-refractivity contribution in [3.63, 3.8) is 0 Å². The van der Waals surface area contributed by atoms with Crippen LogP contribution in [0, 0.1) is 0 Å². The summed E-state index contributed by atoms with van der Waals surface area (Å²) in [5, 5.41) is 1.06. The standard InChI is InChI=1S/C12H12BNS/c1-15-12-5-3-2-4-9-8-10(13)6-7-11(9)14-12/h3,5-8H,2,4H2,1H3/b5-3+,14-12?. The van der Waals surface area contributed by atoms with Crippen LogP contribution in [0.5, 0.6) is 0 Å². The molecule has 74 valence electrons. The molecule has 1 heterocycles. The second-order valence-electron chi connectivity index (χ2n) is 3.48. The minimum Gasteiger partial charge on any atom is -0.242 e. The normalized spacial score (nSPS) is 17.3. The van der Waals surface area contributed by atoms with Gasteiger partial charge in [-0.3, -0.25) is 0 Å². The lowest BCUT2D eigenvalue weighted by molar-refractivity contribution is 1.000. The number of aryl methyl sites for hydroxylation is 1. The number of nitrogens with zero attached hydrogens (tertiary/aromatic N) is 1. The van der Waals surface area contributed by atoms with Crippen molar-refractivity contribution in [1.82, 2.24) is 0 Å².